The summed E-state index contributed by atoms with van der Waals surface area (Å²) in [6.07, 6.45) is -2.69. The van der Waals surface area contributed by atoms with E-state index in [1.54, 1.807) is 24.3 Å². The van der Waals surface area contributed by atoms with Crippen LogP contribution in [0.5, 0.6) is 0 Å². The van der Waals surface area contributed by atoms with Crippen LogP contribution in [0, 0.1) is 36.0 Å². The summed E-state index contributed by atoms with van der Waals surface area (Å²) in [7, 11) is 0. The van der Waals surface area contributed by atoms with Gasteiger partial charge in [-0.05, 0) is 89.2 Å². The first-order valence-electron chi connectivity index (χ1n) is 18.8. The standard InChI is InChI=1S/C48H32F8N2/c1-23-19-25(48(54,55)56)20-31(40-41(49)43(51)45(53)44(52)42(40)50)46(23)58-34-15-9-6-11-27(34)30-21-26(17-18-36(30)58)57-35-16-10-7-13-29(35)39-24(2)38-28-12-5-8-14-32(28)47(3,4)33(38)22-37(39)57/h5-22,24,38H,1-4H3. The van der Waals surface area contributed by atoms with Crippen LogP contribution in [-0.2, 0) is 11.6 Å². The van der Waals surface area contributed by atoms with Crippen molar-refractivity contribution in [3.63, 3.8) is 0 Å². The minimum absolute atomic E-state index is 0.0960. The summed E-state index contributed by atoms with van der Waals surface area (Å²) >= 11 is 0. The van der Waals surface area contributed by atoms with Crippen LogP contribution in [0.3, 0.4) is 0 Å². The van der Waals surface area contributed by atoms with Gasteiger partial charge in [-0.2, -0.15) is 13.2 Å². The fourth-order valence-electron chi connectivity index (χ4n) is 9.97. The summed E-state index contributed by atoms with van der Waals surface area (Å²) < 4.78 is 121. The van der Waals surface area contributed by atoms with E-state index in [1.165, 1.54) is 33.8 Å². The molecule has 2 nitrogen and oxygen atoms in total. The highest BCUT2D eigenvalue weighted by Gasteiger charge is 2.47. The first-order chi connectivity index (χ1) is 27.6. The number of nitrogens with zero attached hydrogens (tertiary/aromatic N) is 2. The van der Waals surface area contributed by atoms with Gasteiger partial charge in [0, 0.05) is 38.7 Å². The first-order valence-corrected chi connectivity index (χ1v) is 18.8. The van der Waals surface area contributed by atoms with Crippen LogP contribution < -0.4 is 0 Å². The molecule has 0 radical (unpaired) electrons. The second-order valence-electron chi connectivity index (χ2n) is 15.9. The molecule has 58 heavy (non-hydrogen) atoms. The molecule has 2 aliphatic rings. The monoisotopic (exact) mass is 788 g/mol. The topological polar surface area (TPSA) is 9.86 Å². The summed E-state index contributed by atoms with van der Waals surface area (Å²) in [6, 6.07) is 30.7. The molecule has 2 aromatic heterocycles. The van der Waals surface area contributed by atoms with Gasteiger partial charge in [0.25, 0.3) is 0 Å². The van der Waals surface area contributed by atoms with E-state index in [2.05, 4.69) is 67.8 Å². The summed E-state index contributed by atoms with van der Waals surface area (Å²) in [6.45, 7) is 8.11. The van der Waals surface area contributed by atoms with Gasteiger partial charge >= 0.3 is 6.18 Å². The summed E-state index contributed by atoms with van der Waals surface area (Å²) in [4.78, 5) is 0. The summed E-state index contributed by atoms with van der Waals surface area (Å²) in [5.74, 6) is -11.1. The van der Waals surface area contributed by atoms with Crippen LogP contribution in [0.15, 0.2) is 109 Å². The van der Waals surface area contributed by atoms with Gasteiger partial charge in [-0.3, -0.25) is 0 Å². The fraction of sp³-hybridized carbons (Fsp3) is 0.167. The molecule has 0 N–H and O–H groups in total. The van der Waals surface area contributed by atoms with Crippen LogP contribution in [0.2, 0.25) is 0 Å². The second-order valence-corrected chi connectivity index (χ2v) is 15.9. The second kappa shape index (κ2) is 12.2. The Balaban J connectivity index is 1.26. The van der Waals surface area contributed by atoms with Crippen molar-refractivity contribution >= 4 is 38.8 Å². The van der Waals surface area contributed by atoms with Crippen LogP contribution in [-0.4, -0.2) is 9.13 Å². The molecular formula is C48H32F8N2. The first kappa shape index (κ1) is 36.2. The zero-order valence-electron chi connectivity index (χ0n) is 31.5. The maximum absolute atomic E-state index is 15.6. The molecule has 290 valence electrons. The molecule has 0 spiro atoms. The fourth-order valence-corrected chi connectivity index (χ4v) is 9.97. The predicted molar refractivity (Wildman–Crippen MR) is 211 cm³/mol. The predicted octanol–water partition coefficient (Wildman–Crippen LogP) is 14.0. The Morgan fingerprint density at radius 1 is 0.621 bits per heavy atom. The van der Waals surface area contributed by atoms with Crippen molar-refractivity contribution in [2.24, 2.45) is 0 Å². The van der Waals surface area contributed by atoms with E-state index >= 15 is 8.78 Å². The van der Waals surface area contributed by atoms with Crippen molar-refractivity contribution in [1.29, 1.82) is 0 Å². The number of benzene rings is 6. The molecule has 2 aliphatic carbocycles. The SMILES string of the molecule is Cc1cc(C(F)(F)F)cc(-c2c(F)c(F)c(F)c(F)c2F)c1-n1c2ccccc2c2cc(-n3c4c(c5ccccc53)C(C)C3C(=C4)C(C)(C)c4ccccc43)ccc21. The van der Waals surface area contributed by atoms with E-state index in [0.29, 0.717) is 27.9 Å². The van der Waals surface area contributed by atoms with E-state index in [0.717, 1.165) is 28.4 Å². The Morgan fingerprint density at radius 2 is 1.21 bits per heavy atom. The number of para-hydroxylation sites is 2. The molecule has 6 aromatic carbocycles. The Morgan fingerprint density at radius 3 is 1.90 bits per heavy atom. The van der Waals surface area contributed by atoms with Gasteiger partial charge < -0.3 is 9.13 Å². The van der Waals surface area contributed by atoms with Crippen molar-refractivity contribution in [1.82, 2.24) is 9.13 Å². The zero-order chi connectivity index (χ0) is 40.7. The Labute approximate surface area is 327 Å². The maximum Gasteiger partial charge on any atom is 0.416 e. The van der Waals surface area contributed by atoms with Gasteiger partial charge in [0.15, 0.2) is 23.3 Å². The van der Waals surface area contributed by atoms with E-state index < -0.39 is 52.0 Å². The van der Waals surface area contributed by atoms with E-state index in [1.807, 2.05) is 30.3 Å². The minimum Gasteiger partial charge on any atom is -0.310 e. The lowest BCUT2D eigenvalue weighted by atomic mass is 9.72. The minimum atomic E-state index is -5.00. The summed E-state index contributed by atoms with van der Waals surface area (Å²) in [5.41, 5.74) is 4.84. The number of aryl methyl sites for hydroxylation is 1. The van der Waals surface area contributed by atoms with Gasteiger partial charge in [-0.25, -0.2) is 22.0 Å². The average Bonchev–Trinajstić information content (AvgIpc) is 3.79. The van der Waals surface area contributed by atoms with Crippen molar-refractivity contribution in [2.45, 2.75) is 51.1 Å². The lowest BCUT2D eigenvalue weighted by molar-refractivity contribution is -0.137. The quantitative estimate of drug-likeness (QED) is 0.0959. The smallest absolute Gasteiger partial charge is 0.310 e. The third-order valence-corrected chi connectivity index (χ3v) is 12.5. The third kappa shape index (κ3) is 4.77. The molecule has 0 amide bonds. The highest BCUT2D eigenvalue weighted by molar-refractivity contribution is 6.11. The molecule has 0 aliphatic heterocycles. The molecule has 2 unspecified atom stereocenters. The lowest BCUT2D eigenvalue weighted by Crippen LogP contribution is -2.21. The highest BCUT2D eigenvalue weighted by atomic mass is 19.4. The number of aromatic nitrogens is 2. The molecule has 0 fully saturated rings. The number of hydrogen-bond donors (Lipinski definition) is 0. The van der Waals surface area contributed by atoms with Gasteiger partial charge in [0.2, 0.25) is 5.82 Å². The third-order valence-electron chi connectivity index (χ3n) is 12.5. The Kier molecular flexibility index (Phi) is 7.60. The van der Waals surface area contributed by atoms with E-state index in [4.69, 9.17) is 0 Å². The lowest BCUT2D eigenvalue weighted by Gasteiger charge is -2.32. The number of allylic oxidation sites excluding steroid dienone is 1. The van der Waals surface area contributed by atoms with Gasteiger partial charge in [0.05, 0.1) is 39.1 Å². The number of rotatable bonds is 3. The van der Waals surface area contributed by atoms with Gasteiger partial charge in [-0.15, -0.1) is 0 Å². The maximum atomic E-state index is 15.6. The van der Waals surface area contributed by atoms with Crippen molar-refractivity contribution in [3.05, 3.63) is 171 Å². The number of alkyl halides is 3. The van der Waals surface area contributed by atoms with Crippen LogP contribution >= 0.6 is 0 Å². The molecule has 2 heterocycles. The molecule has 0 saturated heterocycles. The summed E-state index contributed by atoms with van der Waals surface area (Å²) in [5, 5.41) is 2.43. The van der Waals surface area contributed by atoms with Crippen LogP contribution in [0.25, 0.3) is 61.3 Å². The molecule has 10 heteroatoms. The van der Waals surface area contributed by atoms with Gasteiger partial charge in [-0.1, -0.05) is 81.4 Å². The number of fused-ring (bicyclic) bond motifs is 9. The molecular weight excluding hydrogens is 757 g/mol. The molecule has 10 rings (SSSR count). The van der Waals surface area contributed by atoms with E-state index in [-0.39, 0.29) is 28.5 Å². The van der Waals surface area contributed by atoms with Crippen LogP contribution in [0.4, 0.5) is 35.1 Å². The van der Waals surface area contributed by atoms with Gasteiger partial charge in [0.1, 0.15) is 0 Å². The molecule has 0 saturated carbocycles. The van der Waals surface area contributed by atoms with Crippen molar-refractivity contribution in [2.75, 3.05) is 0 Å². The van der Waals surface area contributed by atoms with Crippen molar-refractivity contribution < 1.29 is 35.1 Å². The largest absolute Gasteiger partial charge is 0.416 e. The highest BCUT2D eigenvalue weighted by Crippen LogP contribution is 2.60. The van der Waals surface area contributed by atoms with Crippen LogP contribution in [0.1, 0.15) is 66.1 Å². The molecule has 2 atom stereocenters. The van der Waals surface area contributed by atoms with Crippen molar-refractivity contribution in [3.8, 4) is 22.5 Å². The Bertz CT molecular complexity index is 3100. The molecule has 0 bridgehead atoms. The number of hydrogen-bond acceptors (Lipinski definition) is 0. The zero-order valence-corrected chi connectivity index (χ0v) is 31.5. The Hall–Kier alpha value is -6.16. The van der Waals surface area contributed by atoms with E-state index in [9.17, 15) is 26.3 Å². The average molecular weight is 789 g/mol. The normalized spacial score (nSPS) is 17.2. The molecule has 8 aromatic rings. The number of halogens is 8.